The van der Waals surface area contributed by atoms with Crippen LogP contribution in [0.1, 0.15) is 44.8 Å². The van der Waals surface area contributed by atoms with E-state index in [-0.39, 0.29) is 5.91 Å². The molecule has 0 spiro atoms. The van der Waals surface area contributed by atoms with E-state index in [9.17, 15) is 4.79 Å². The number of thiazole rings is 2. The van der Waals surface area contributed by atoms with E-state index in [0.717, 1.165) is 52.9 Å². The third-order valence-corrected chi connectivity index (χ3v) is 7.54. The Morgan fingerprint density at radius 1 is 1.16 bits per heavy atom. The van der Waals surface area contributed by atoms with Gasteiger partial charge in [0.1, 0.15) is 12.4 Å². The lowest BCUT2D eigenvalue weighted by Gasteiger charge is -2.32. The number of aryl methyl sites for hydroxylation is 1. The second-order valence-corrected chi connectivity index (χ2v) is 9.91. The molecule has 1 saturated heterocycles. The molecule has 2 aromatic carbocycles. The molecule has 5 nitrogen and oxygen atoms in total. The van der Waals surface area contributed by atoms with E-state index in [1.165, 1.54) is 4.70 Å². The van der Waals surface area contributed by atoms with Crippen LogP contribution in [0.5, 0.6) is 5.75 Å². The van der Waals surface area contributed by atoms with Crippen LogP contribution in [0.2, 0.25) is 0 Å². The monoisotopic (exact) mass is 449 g/mol. The van der Waals surface area contributed by atoms with Crippen molar-refractivity contribution in [2.45, 2.75) is 32.3 Å². The Bertz CT molecular complexity index is 1170. The van der Waals surface area contributed by atoms with Gasteiger partial charge < -0.3 is 9.64 Å². The minimum absolute atomic E-state index is 0.0764. The lowest BCUT2D eigenvalue weighted by molar-refractivity contribution is 0.0707. The first-order chi connectivity index (χ1) is 15.2. The second kappa shape index (κ2) is 8.77. The summed E-state index contributed by atoms with van der Waals surface area (Å²) < 4.78 is 7.01. The maximum Gasteiger partial charge on any atom is 0.253 e. The molecule has 0 saturated carbocycles. The molecule has 1 unspecified atom stereocenters. The minimum Gasteiger partial charge on any atom is -0.487 e. The summed E-state index contributed by atoms with van der Waals surface area (Å²) in [4.78, 5) is 24.3. The first-order valence-electron chi connectivity index (χ1n) is 10.4. The molecule has 158 valence electrons. The van der Waals surface area contributed by atoms with Crippen molar-refractivity contribution < 1.29 is 9.53 Å². The lowest BCUT2D eigenvalue weighted by atomic mass is 9.98. The SMILES string of the molecule is Cc1nc(COc2ccc(C(=O)N3CCCC(c4nc5ccccc5s4)C3)cc2)cs1. The molecule has 31 heavy (non-hydrogen) atoms. The molecule has 1 atom stereocenters. The zero-order valence-corrected chi connectivity index (χ0v) is 18.9. The van der Waals surface area contributed by atoms with Crippen LogP contribution in [0, 0.1) is 6.92 Å². The molecule has 0 radical (unpaired) electrons. The van der Waals surface area contributed by atoms with Crippen LogP contribution in [0.15, 0.2) is 53.9 Å². The van der Waals surface area contributed by atoms with Crippen molar-refractivity contribution >= 4 is 38.8 Å². The average molecular weight is 450 g/mol. The van der Waals surface area contributed by atoms with Gasteiger partial charge in [-0.1, -0.05) is 12.1 Å². The molecular formula is C24H23N3O2S2. The van der Waals surface area contributed by atoms with Gasteiger partial charge in [0.05, 0.1) is 25.9 Å². The van der Waals surface area contributed by atoms with Crippen LogP contribution in [0.4, 0.5) is 0 Å². The number of hydrogen-bond acceptors (Lipinski definition) is 6. The number of aromatic nitrogens is 2. The summed E-state index contributed by atoms with van der Waals surface area (Å²) in [5.74, 6) is 1.12. The molecular weight excluding hydrogens is 426 g/mol. The van der Waals surface area contributed by atoms with Gasteiger partial charge in [-0.15, -0.1) is 22.7 Å². The fraction of sp³-hybridized carbons (Fsp3) is 0.292. The van der Waals surface area contributed by atoms with Crippen molar-refractivity contribution in [3.05, 3.63) is 75.2 Å². The Morgan fingerprint density at radius 3 is 2.77 bits per heavy atom. The van der Waals surface area contributed by atoms with Crippen LogP contribution < -0.4 is 4.74 Å². The summed E-state index contributed by atoms with van der Waals surface area (Å²) >= 11 is 3.37. The maximum absolute atomic E-state index is 13.1. The molecule has 4 aromatic rings. The van der Waals surface area contributed by atoms with Crippen molar-refractivity contribution in [2.24, 2.45) is 0 Å². The number of para-hydroxylation sites is 1. The van der Waals surface area contributed by atoms with E-state index in [0.29, 0.717) is 18.1 Å². The first kappa shape index (κ1) is 20.2. The highest BCUT2D eigenvalue weighted by Crippen LogP contribution is 2.33. The Labute approximate surface area is 189 Å². The van der Waals surface area contributed by atoms with Crippen LogP contribution in [0.25, 0.3) is 10.2 Å². The number of fused-ring (bicyclic) bond motifs is 1. The summed E-state index contributed by atoms with van der Waals surface area (Å²) in [5, 5.41) is 4.18. The third-order valence-electron chi connectivity index (χ3n) is 5.52. The molecule has 1 amide bonds. The molecule has 0 aliphatic carbocycles. The second-order valence-electron chi connectivity index (χ2n) is 7.78. The van der Waals surface area contributed by atoms with Gasteiger partial charge in [-0.2, -0.15) is 0 Å². The number of rotatable bonds is 5. The van der Waals surface area contributed by atoms with Gasteiger partial charge in [0.2, 0.25) is 0 Å². The van der Waals surface area contributed by atoms with E-state index < -0.39 is 0 Å². The van der Waals surface area contributed by atoms with Gasteiger partial charge in [-0.05, 0) is 56.2 Å². The zero-order valence-electron chi connectivity index (χ0n) is 17.3. The quantitative estimate of drug-likeness (QED) is 0.394. The summed E-state index contributed by atoms with van der Waals surface area (Å²) in [7, 11) is 0. The largest absolute Gasteiger partial charge is 0.487 e. The van der Waals surface area contributed by atoms with Crippen LogP contribution in [0.3, 0.4) is 0 Å². The highest BCUT2D eigenvalue weighted by Gasteiger charge is 2.27. The van der Waals surface area contributed by atoms with Crippen molar-refractivity contribution in [1.82, 2.24) is 14.9 Å². The summed E-state index contributed by atoms with van der Waals surface area (Å²) in [6, 6.07) is 15.7. The molecule has 7 heteroatoms. The normalized spacial score (nSPS) is 16.5. The van der Waals surface area contributed by atoms with Crippen molar-refractivity contribution in [2.75, 3.05) is 13.1 Å². The molecule has 1 aliphatic rings. The Morgan fingerprint density at radius 2 is 2.00 bits per heavy atom. The number of hydrogen-bond donors (Lipinski definition) is 0. The summed E-state index contributed by atoms with van der Waals surface area (Å²) in [6.07, 6.45) is 2.08. The number of ether oxygens (including phenoxy) is 1. The van der Waals surface area contributed by atoms with Gasteiger partial charge in [0.15, 0.2) is 0 Å². The smallest absolute Gasteiger partial charge is 0.253 e. The van der Waals surface area contributed by atoms with E-state index >= 15 is 0 Å². The number of nitrogens with zero attached hydrogens (tertiary/aromatic N) is 3. The molecule has 0 N–H and O–H groups in total. The predicted molar refractivity (Wildman–Crippen MR) is 125 cm³/mol. The van der Waals surface area contributed by atoms with Crippen molar-refractivity contribution in [1.29, 1.82) is 0 Å². The predicted octanol–water partition coefficient (Wildman–Crippen LogP) is 5.66. The topological polar surface area (TPSA) is 55.3 Å². The van der Waals surface area contributed by atoms with Crippen LogP contribution in [-0.2, 0) is 6.61 Å². The number of benzene rings is 2. The van der Waals surface area contributed by atoms with E-state index in [2.05, 4.69) is 17.1 Å². The summed E-state index contributed by atoms with van der Waals surface area (Å²) in [5.41, 5.74) is 2.67. The molecule has 3 heterocycles. The fourth-order valence-corrected chi connectivity index (χ4v) is 5.63. The maximum atomic E-state index is 13.1. The van der Waals surface area contributed by atoms with E-state index in [1.807, 2.05) is 53.6 Å². The number of carbonyl (C=O) groups is 1. The standard InChI is InChI=1S/C24H23N3O2S2/c1-16-25-19(15-30-16)14-29-20-10-8-17(9-11-20)24(28)27-12-4-5-18(13-27)23-26-21-6-2-3-7-22(21)31-23/h2-3,6-11,15,18H,4-5,12-14H2,1H3. The van der Waals surface area contributed by atoms with Crippen LogP contribution in [-0.4, -0.2) is 33.9 Å². The van der Waals surface area contributed by atoms with Crippen molar-refractivity contribution in [3.8, 4) is 5.75 Å². The number of likely N-dealkylation sites (tertiary alicyclic amines) is 1. The van der Waals surface area contributed by atoms with Gasteiger partial charge in [0.25, 0.3) is 5.91 Å². The highest BCUT2D eigenvalue weighted by atomic mass is 32.1. The van der Waals surface area contributed by atoms with Gasteiger partial charge in [-0.25, -0.2) is 9.97 Å². The molecule has 1 aliphatic heterocycles. The Balaban J connectivity index is 1.23. The van der Waals surface area contributed by atoms with Gasteiger partial charge in [-0.3, -0.25) is 4.79 Å². The average Bonchev–Trinajstić information content (AvgIpc) is 3.43. The Hall–Kier alpha value is -2.77. The minimum atomic E-state index is 0.0764. The molecule has 2 aromatic heterocycles. The lowest BCUT2D eigenvalue weighted by Crippen LogP contribution is -2.39. The number of carbonyl (C=O) groups excluding carboxylic acids is 1. The molecule has 0 bridgehead atoms. The van der Waals surface area contributed by atoms with Gasteiger partial charge >= 0.3 is 0 Å². The molecule has 1 fully saturated rings. The van der Waals surface area contributed by atoms with Gasteiger partial charge in [0, 0.05) is 30.0 Å². The summed E-state index contributed by atoms with van der Waals surface area (Å²) in [6.45, 7) is 3.94. The van der Waals surface area contributed by atoms with Crippen LogP contribution >= 0.6 is 22.7 Å². The first-order valence-corrected chi connectivity index (χ1v) is 12.1. The molecule has 5 rings (SSSR count). The highest BCUT2D eigenvalue weighted by molar-refractivity contribution is 7.18. The number of amides is 1. The van der Waals surface area contributed by atoms with E-state index in [1.54, 1.807) is 22.7 Å². The third kappa shape index (κ3) is 4.48. The Kier molecular flexibility index (Phi) is 5.70. The zero-order chi connectivity index (χ0) is 21.2. The number of piperidine rings is 1. The van der Waals surface area contributed by atoms with E-state index in [4.69, 9.17) is 9.72 Å². The fourth-order valence-electron chi connectivity index (χ4n) is 3.94. The van der Waals surface area contributed by atoms with Crippen molar-refractivity contribution in [3.63, 3.8) is 0 Å².